The minimum absolute atomic E-state index is 0.0880. The van der Waals surface area contributed by atoms with E-state index in [1.807, 2.05) is 34.6 Å². The van der Waals surface area contributed by atoms with Gasteiger partial charge in [0.05, 0.1) is 0 Å². The van der Waals surface area contributed by atoms with E-state index in [1.165, 1.54) is 0 Å². The van der Waals surface area contributed by atoms with Gasteiger partial charge >= 0.3 is 0 Å². The molecule has 0 aliphatic rings. The number of unbranched alkanes of at least 4 members (excludes halogenated alkanes) is 1. The van der Waals surface area contributed by atoms with Crippen LogP contribution >= 0.6 is 0 Å². The molecule has 4 nitrogen and oxygen atoms in total. The molecular weight excluding hydrogens is 240 g/mol. The summed E-state index contributed by atoms with van der Waals surface area (Å²) < 4.78 is 0. The molecule has 0 rings (SSSR count). The third kappa shape index (κ3) is 7.19. The van der Waals surface area contributed by atoms with Crippen molar-refractivity contribution >= 4 is 11.8 Å². The summed E-state index contributed by atoms with van der Waals surface area (Å²) in [5.41, 5.74) is -0.287. The van der Waals surface area contributed by atoms with Crippen LogP contribution in [0.1, 0.15) is 60.3 Å². The highest BCUT2D eigenvalue weighted by Gasteiger charge is 2.24. The molecule has 0 saturated heterocycles. The summed E-state index contributed by atoms with van der Waals surface area (Å²) in [6.07, 6.45) is 3.50. The largest absolute Gasteiger partial charge is 0.356 e. The number of carbonyl (C=O) groups is 2. The maximum atomic E-state index is 11.8. The Kier molecular flexibility index (Phi) is 8.44. The summed E-state index contributed by atoms with van der Waals surface area (Å²) in [6.45, 7) is 11.2. The Hall–Kier alpha value is -1.06. The zero-order valence-corrected chi connectivity index (χ0v) is 13.1. The first-order valence-corrected chi connectivity index (χ1v) is 7.41. The van der Waals surface area contributed by atoms with Crippen molar-refractivity contribution in [1.29, 1.82) is 0 Å². The highest BCUT2D eigenvalue weighted by molar-refractivity contribution is 5.81. The number of carbonyl (C=O) groups excluding carboxylic acids is 2. The molecule has 1 unspecified atom stereocenters. The van der Waals surface area contributed by atoms with Gasteiger partial charge in [-0.1, -0.05) is 34.6 Å². The summed E-state index contributed by atoms with van der Waals surface area (Å²) in [6, 6.07) is 0. The van der Waals surface area contributed by atoms with Crippen LogP contribution in [0.3, 0.4) is 0 Å². The van der Waals surface area contributed by atoms with E-state index in [0.717, 1.165) is 25.7 Å². The lowest BCUT2D eigenvalue weighted by molar-refractivity contribution is -0.129. The number of hydrogen-bond donors (Lipinski definition) is 2. The minimum Gasteiger partial charge on any atom is -0.356 e. The molecule has 0 saturated carbocycles. The zero-order valence-electron chi connectivity index (χ0n) is 13.1. The van der Waals surface area contributed by atoms with Gasteiger partial charge in [0.15, 0.2) is 0 Å². The van der Waals surface area contributed by atoms with Gasteiger partial charge in [-0.15, -0.1) is 0 Å². The van der Waals surface area contributed by atoms with Crippen LogP contribution in [-0.4, -0.2) is 24.9 Å². The van der Waals surface area contributed by atoms with E-state index in [2.05, 4.69) is 10.6 Å². The number of hydrogen-bond acceptors (Lipinski definition) is 2. The molecule has 0 bridgehead atoms. The van der Waals surface area contributed by atoms with E-state index in [-0.39, 0.29) is 23.1 Å². The van der Waals surface area contributed by atoms with Crippen LogP contribution in [0.2, 0.25) is 0 Å². The Labute approximate surface area is 117 Å². The lowest BCUT2D eigenvalue weighted by Gasteiger charge is -2.21. The second-order valence-electron chi connectivity index (χ2n) is 5.80. The Morgan fingerprint density at radius 1 is 1.05 bits per heavy atom. The van der Waals surface area contributed by atoms with Gasteiger partial charge in [-0.05, 0) is 25.7 Å². The fourth-order valence-electron chi connectivity index (χ4n) is 1.42. The van der Waals surface area contributed by atoms with E-state index in [1.54, 1.807) is 0 Å². The Balaban J connectivity index is 3.62. The molecule has 112 valence electrons. The number of amides is 2. The monoisotopic (exact) mass is 270 g/mol. The first kappa shape index (κ1) is 17.9. The Morgan fingerprint density at radius 2 is 1.58 bits per heavy atom. The summed E-state index contributed by atoms with van der Waals surface area (Å²) in [5.74, 6) is 0.322. The van der Waals surface area contributed by atoms with E-state index < -0.39 is 0 Å². The lowest BCUT2D eigenvalue weighted by atomic mass is 9.89. The van der Waals surface area contributed by atoms with Crippen LogP contribution in [0.5, 0.6) is 0 Å². The molecule has 0 aliphatic carbocycles. The van der Waals surface area contributed by atoms with E-state index >= 15 is 0 Å². The van der Waals surface area contributed by atoms with Gasteiger partial charge in [-0.3, -0.25) is 9.59 Å². The van der Waals surface area contributed by atoms with Gasteiger partial charge in [-0.25, -0.2) is 0 Å². The molecule has 2 amide bonds. The molecule has 0 aromatic heterocycles. The van der Waals surface area contributed by atoms with Crippen molar-refractivity contribution in [2.45, 2.75) is 60.3 Å². The van der Waals surface area contributed by atoms with Gasteiger partial charge in [0, 0.05) is 24.4 Å². The molecule has 0 radical (unpaired) electrons. The summed E-state index contributed by atoms with van der Waals surface area (Å²) in [4.78, 5) is 23.3. The van der Waals surface area contributed by atoms with Crippen molar-refractivity contribution in [3.63, 3.8) is 0 Å². The van der Waals surface area contributed by atoms with Crippen LogP contribution in [0.4, 0.5) is 0 Å². The van der Waals surface area contributed by atoms with Crippen LogP contribution in [0.25, 0.3) is 0 Å². The Bertz CT molecular complexity index is 288. The molecule has 0 heterocycles. The van der Waals surface area contributed by atoms with Crippen molar-refractivity contribution in [2.75, 3.05) is 13.1 Å². The number of nitrogens with one attached hydrogen (secondary N) is 2. The number of rotatable bonds is 9. The Morgan fingerprint density at radius 3 is 2.05 bits per heavy atom. The average molecular weight is 270 g/mol. The third-order valence-corrected chi connectivity index (χ3v) is 3.75. The van der Waals surface area contributed by atoms with Crippen molar-refractivity contribution < 1.29 is 9.59 Å². The average Bonchev–Trinajstić information content (AvgIpc) is 2.40. The van der Waals surface area contributed by atoms with Crippen LogP contribution in [0, 0.1) is 11.3 Å². The van der Waals surface area contributed by atoms with Gasteiger partial charge in [0.2, 0.25) is 11.8 Å². The first-order valence-electron chi connectivity index (χ1n) is 7.41. The molecule has 1 atom stereocenters. The van der Waals surface area contributed by atoms with E-state index in [4.69, 9.17) is 0 Å². The van der Waals surface area contributed by atoms with Crippen LogP contribution in [-0.2, 0) is 9.59 Å². The lowest BCUT2D eigenvalue weighted by Crippen LogP contribution is -2.37. The van der Waals surface area contributed by atoms with Crippen LogP contribution in [0.15, 0.2) is 0 Å². The van der Waals surface area contributed by atoms with Crippen molar-refractivity contribution in [1.82, 2.24) is 10.6 Å². The molecule has 0 aromatic carbocycles. The maximum Gasteiger partial charge on any atom is 0.225 e. The predicted octanol–water partition coefficient (Wildman–Crippen LogP) is 2.48. The van der Waals surface area contributed by atoms with Gasteiger partial charge < -0.3 is 10.6 Å². The van der Waals surface area contributed by atoms with Gasteiger partial charge in [0.25, 0.3) is 0 Å². The second-order valence-corrected chi connectivity index (χ2v) is 5.80. The standard InChI is InChI=1S/C15H30N2O2/c1-6-12(3)13(18)16-10-8-9-11-17-14(19)15(4,5)7-2/h12H,6-11H2,1-5H3,(H,16,18)(H,17,19). The summed E-state index contributed by atoms with van der Waals surface area (Å²) >= 11 is 0. The summed E-state index contributed by atoms with van der Waals surface area (Å²) in [7, 11) is 0. The molecule has 0 fully saturated rings. The first-order chi connectivity index (χ1) is 8.85. The van der Waals surface area contributed by atoms with Crippen molar-refractivity contribution in [3.8, 4) is 0 Å². The highest BCUT2D eigenvalue weighted by Crippen LogP contribution is 2.19. The fraction of sp³-hybridized carbons (Fsp3) is 0.867. The molecule has 2 N–H and O–H groups in total. The SMILES string of the molecule is CCC(C)C(=O)NCCCCNC(=O)C(C)(C)CC. The van der Waals surface area contributed by atoms with Crippen molar-refractivity contribution in [2.24, 2.45) is 11.3 Å². The van der Waals surface area contributed by atoms with E-state index in [0.29, 0.717) is 13.1 Å². The topological polar surface area (TPSA) is 58.2 Å². The molecular formula is C15H30N2O2. The second kappa shape index (κ2) is 8.94. The normalized spacial score (nSPS) is 12.9. The zero-order chi connectivity index (χ0) is 14.9. The fourth-order valence-corrected chi connectivity index (χ4v) is 1.42. The summed E-state index contributed by atoms with van der Waals surface area (Å²) in [5, 5.41) is 5.86. The maximum absolute atomic E-state index is 11.8. The molecule has 4 heteroatoms. The third-order valence-electron chi connectivity index (χ3n) is 3.75. The smallest absolute Gasteiger partial charge is 0.225 e. The quantitative estimate of drug-likeness (QED) is 0.632. The van der Waals surface area contributed by atoms with E-state index in [9.17, 15) is 9.59 Å². The van der Waals surface area contributed by atoms with Gasteiger partial charge in [0.1, 0.15) is 0 Å². The molecule has 0 aromatic rings. The molecule has 0 spiro atoms. The predicted molar refractivity (Wildman–Crippen MR) is 78.8 cm³/mol. The molecule has 19 heavy (non-hydrogen) atoms. The van der Waals surface area contributed by atoms with Crippen LogP contribution < -0.4 is 10.6 Å². The van der Waals surface area contributed by atoms with Gasteiger partial charge in [-0.2, -0.15) is 0 Å². The molecule has 0 aliphatic heterocycles. The minimum atomic E-state index is -0.287. The van der Waals surface area contributed by atoms with Crippen molar-refractivity contribution in [3.05, 3.63) is 0 Å². The highest BCUT2D eigenvalue weighted by atomic mass is 16.2.